The first-order valence-electron chi connectivity index (χ1n) is 6.00. The van der Waals surface area contributed by atoms with Crippen LogP contribution in [0.25, 0.3) is 0 Å². The number of rotatable bonds is 5. The van der Waals surface area contributed by atoms with E-state index in [0.717, 1.165) is 0 Å². The summed E-state index contributed by atoms with van der Waals surface area (Å²) in [5, 5.41) is 9.57. The Labute approximate surface area is 118 Å². The Morgan fingerprint density at radius 1 is 1.40 bits per heavy atom. The van der Waals surface area contributed by atoms with Crippen LogP contribution >= 0.6 is 0 Å². The molecule has 1 aromatic carbocycles. The van der Waals surface area contributed by atoms with Crippen LogP contribution in [-0.4, -0.2) is 38.2 Å². The number of sulfonamides is 1. The summed E-state index contributed by atoms with van der Waals surface area (Å²) in [6, 6.07) is 5.51. The molecular weight excluding hydrogens is 282 g/mol. The first-order chi connectivity index (χ1) is 9.10. The molecule has 112 valence electrons. The summed E-state index contributed by atoms with van der Waals surface area (Å²) < 4.78 is 31.4. The van der Waals surface area contributed by atoms with Crippen LogP contribution in [0.3, 0.4) is 0 Å². The maximum atomic E-state index is 12.2. The van der Waals surface area contributed by atoms with Crippen molar-refractivity contribution in [3.8, 4) is 0 Å². The summed E-state index contributed by atoms with van der Waals surface area (Å²) in [5.74, 6) is -0.614. The third-order valence-electron chi connectivity index (χ3n) is 3.01. The Hall–Kier alpha value is -1.44. The lowest BCUT2D eigenvalue weighted by Crippen LogP contribution is -2.50. The average Bonchev–Trinajstić information content (AvgIpc) is 2.36. The molecule has 0 saturated carbocycles. The second-order valence-corrected chi connectivity index (χ2v) is 6.70. The molecule has 1 unspecified atom stereocenters. The number of hydrogen-bond acceptors (Lipinski definition) is 5. The molecule has 0 bridgehead atoms. The zero-order valence-electron chi connectivity index (χ0n) is 11.9. The van der Waals surface area contributed by atoms with Gasteiger partial charge in [0.15, 0.2) is 0 Å². The van der Waals surface area contributed by atoms with Crippen LogP contribution in [0.15, 0.2) is 29.2 Å². The van der Waals surface area contributed by atoms with Crippen LogP contribution in [0.4, 0.5) is 0 Å². The quantitative estimate of drug-likeness (QED) is 0.789. The van der Waals surface area contributed by atoms with Crippen LogP contribution in [0.5, 0.6) is 0 Å². The highest BCUT2D eigenvalue weighted by Crippen LogP contribution is 2.17. The Balaban J connectivity index is 3.14. The van der Waals surface area contributed by atoms with Crippen LogP contribution in [0, 0.1) is 0 Å². The van der Waals surface area contributed by atoms with Crippen molar-refractivity contribution in [3.05, 3.63) is 29.8 Å². The molecule has 2 N–H and O–H groups in total. The molecule has 0 amide bonds. The van der Waals surface area contributed by atoms with Gasteiger partial charge in [-0.1, -0.05) is 6.07 Å². The number of ether oxygens (including phenoxy) is 1. The summed E-state index contributed by atoms with van der Waals surface area (Å²) in [5.41, 5.74) is -0.884. The Bertz CT molecular complexity index is 593. The Kier molecular flexibility index (Phi) is 4.90. The smallest absolute Gasteiger partial charge is 0.337 e. The second-order valence-electron chi connectivity index (χ2n) is 5.02. The second kappa shape index (κ2) is 5.90. The predicted octanol–water partition coefficient (Wildman–Crippen LogP) is 0.911. The monoisotopic (exact) mass is 301 g/mol. The number of benzene rings is 1. The van der Waals surface area contributed by atoms with Gasteiger partial charge in [0.2, 0.25) is 10.0 Å². The third kappa shape index (κ3) is 3.78. The zero-order valence-corrected chi connectivity index (χ0v) is 12.7. The van der Waals surface area contributed by atoms with Gasteiger partial charge in [0.25, 0.3) is 0 Å². The number of carbonyl (C=O) groups excluding carboxylic acids is 1. The van der Waals surface area contributed by atoms with Gasteiger partial charge >= 0.3 is 5.97 Å². The minimum atomic E-state index is -3.85. The van der Waals surface area contributed by atoms with Crippen molar-refractivity contribution in [2.45, 2.75) is 37.3 Å². The molecule has 0 heterocycles. The maximum absolute atomic E-state index is 12.2. The number of carbonyl (C=O) groups is 1. The van der Waals surface area contributed by atoms with E-state index in [-0.39, 0.29) is 10.5 Å². The summed E-state index contributed by atoms with van der Waals surface area (Å²) in [7, 11) is -2.62. The molecule has 0 spiro atoms. The summed E-state index contributed by atoms with van der Waals surface area (Å²) in [4.78, 5) is 11.3. The van der Waals surface area contributed by atoms with Crippen molar-refractivity contribution in [1.29, 1.82) is 0 Å². The van der Waals surface area contributed by atoms with Crippen LogP contribution in [0.1, 0.15) is 31.1 Å². The summed E-state index contributed by atoms with van der Waals surface area (Å²) >= 11 is 0. The zero-order chi connectivity index (χ0) is 15.6. The molecule has 0 radical (unpaired) electrons. The molecule has 6 nitrogen and oxygen atoms in total. The van der Waals surface area contributed by atoms with Crippen molar-refractivity contribution in [3.63, 3.8) is 0 Å². The van der Waals surface area contributed by atoms with Gasteiger partial charge < -0.3 is 9.84 Å². The fraction of sp³-hybridized carbons (Fsp3) is 0.462. The molecule has 1 rings (SSSR count). The largest absolute Gasteiger partial charge is 0.465 e. The van der Waals surface area contributed by atoms with E-state index in [1.165, 1.54) is 38.3 Å². The van der Waals surface area contributed by atoms with Crippen molar-refractivity contribution in [1.82, 2.24) is 4.72 Å². The van der Waals surface area contributed by atoms with E-state index in [4.69, 9.17) is 0 Å². The number of aliphatic hydroxyl groups is 1. The van der Waals surface area contributed by atoms with Gasteiger partial charge in [-0.25, -0.2) is 17.9 Å². The average molecular weight is 301 g/mol. The predicted molar refractivity (Wildman–Crippen MR) is 73.9 cm³/mol. The molecule has 1 atom stereocenters. The Morgan fingerprint density at radius 2 is 2.00 bits per heavy atom. The lowest BCUT2D eigenvalue weighted by Gasteiger charge is -2.28. The van der Waals surface area contributed by atoms with Gasteiger partial charge in [-0.2, -0.15) is 0 Å². The minimum absolute atomic E-state index is 0.0610. The van der Waals surface area contributed by atoms with Gasteiger partial charge in [0, 0.05) is 0 Å². The van der Waals surface area contributed by atoms with Crippen molar-refractivity contribution in [2.75, 3.05) is 7.11 Å². The van der Waals surface area contributed by atoms with E-state index < -0.39 is 27.6 Å². The molecule has 0 fully saturated rings. The molecule has 0 aliphatic heterocycles. The van der Waals surface area contributed by atoms with E-state index in [9.17, 15) is 18.3 Å². The number of hydrogen-bond donors (Lipinski definition) is 2. The van der Waals surface area contributed by atoms with Gasteiger partial charge in [-0.3, -0.25) is 0 Å². The van der Waals surface area contributed by atoms with Gasteiger partial charge in [0.05, 0.1) is 29.2 Å². The normalized spacial score (nSPS) is 13.8. The molecule has 7 heteroatoms. The van der Waals surface area contributed by atoms with E-state index >= 15 is 0 Å². The molecule has 0 aliphatic rings. The van der Waals surface area contributed by atoms with Crippen molar-refractivity contribution in [2.24, 2.45) is 0 Å². The highest BCUT2D eigenvalue weighted by Gasteiger charge is 2.30. The third-order valence-corrected chi connectivity index (χ3v) is 4.68. The van der Waals surface area contributed by atoms with Crippen LogP contribution in [-0.2, 0) is 14.8 Å². The summed E-state index contributed by atoms with van der Waals surface area (Å²) in [6.45, 7) is 4.63. The molecule has 0 aliphatic carbocycles. The highest BCUT2D eigenvalue weighted by atomic mass is 32.2. The molecule has 0 saturated heterocycles. The van der Waals surface area contributed by atoms with Gasteiger partial charge in [-0.05, 0) is 39.0 Å². The fourth-order valence-corrected chi connectivity index (χ4v) is 2.92. The molecule has 1 aromatic rings. The maximum Gasteiger partial charge on any atom is 0.337 e. The lowest BCUT2D eigenvalue weighted by atomic mass is 10.0. The van der Waals surface area contributed by atoms with Crippen molar-refractivity contribution < 1.29 is 23.1 Å². The number of nitrogens with one attached hydrogen (secondary N) is 1. The Morgan fingerprint density at radius 3 is 2.50 bits per heavy atom. The SMILES string of the molecule is COC(=O)c1cccc(S(=O)(=O)NC(C)(C)C(C)O)c1. The molecule has 20 heavy (non-hydrogen) atoms. The van der Waals surface area contributed by atoms with Crippen molar-refractivity contribution >= 4 is 16.0 Å². The number of methoxy groups -OCH3 is 1. The molecular formula is C13H19NO5S. The number of esters is 1. The van der Waals surface area contributed by atoms with Crippen LogP contribution in [0.2, 0.25) is 0 Å². The minimum Gasteiger partial charge on any atom is -0.465 e. The van der Waals surface area contributed by atoms with Crippen LogP contribution < -0.4 is 4.72 Å². The van der Waals surface area contributed by atoms with E-state index in [2.05, 4.69) is 9.46 Å². The number of aliphatic hydroxyl groups excluding tert-OH is 1. The summed E-state index contributed by atoms with van der Waals surface area (Å²) in [6.07, 6.45) is -0.874. The standard InChI is InChI=1S/C13H19NO5S/c1-9(15)13(2,3)14-20(17,18)11-7-5-6-10(8-11)12(16)19-4/h5-9,14-15H,1-4H3. The lowest BCUT2D eigenvalue weighted by molar-refractivity contribution is 0.0600. The highest BCUT2D eigenvalue weighted by molar-refractivity contribution is 7.89. The van der Waals surface area contributed by atoms with Gasteiger partial charge in [-0.15, -0.1) is 0 Å². The first-order valence-corrected chi connectivity index (χ1v) is 7.49. The van der Waals surface area contributed by atoms with E-state index in [1.54, 1.807) is 13.8 Å². The van der Waals surface area contributed by atoms with E-state index in [1.807, 2.05) is 0 Å². The molecule has 0 aromatic heterocycles. The fourth-order valence-electron chi connectivity index (χ4n) is 1.40. The van der Waals surface area contributed by atoms with Gasteiger partial charge in [0.1, 0.15) is 0 Å². The topological polar surface area (TPSA) is 92.7 Å². The van der Waals surface area contributed by atoms with E-state index in [0.29, 0.717) is 0 Å². The first kappa shape index (κ1) is 16.6.